The average Bonchev–Trinajstić information content (AvgIpc) is 3.12. The zero-order valence-corrected chi connectivity index (χ0v) is 14.0. The van der Waals surface area contributed by atoms with Crippen LogP contribution in [-0.2, 0) is 14.3 Å². The highest BCUT2D eigenvalue weighted by Crippen LogP contribution is 2.58. The number of ether oxygens (including phenoxy) is 2. The normalized spacial score (nSPS) is 41.6. The summed E-state index contributed by atoms with van der Waals surface area (Å²) in [6.07, 6.45) is 10.7. The van der Waals surface area contributed by atoms with Crippen LogP contribution in [0.25, 0.3) is 0 Å². The summed E-state index contributed by atoms with van der Waals surface area (Å²) >= 11 is 0. The standard InChI is InChI=1S/C20H26O3/c1-19-8-6-15-14-7-9-20(22-10-11-23-20)12-13(14)2-3-16(15)17(19)4-5-18(19)21/h6,16-17H,2-5,7-12H2,1H3. The van der Waals surface area contributed by atoms with Gasteiger partial charge in [0.1, 0.15) is 5.78 Å². The first-order valence-corrected chi connectivity index (χ1v) is 9.34. The lowest BCUT2D eigenvalue weighted by molar-refractivity contribution is -0.164. The molecule has 2 fully saturated rings. The highest BCUT2D eigenvalue weighted by Gasteiger charge is 2.53. The van der Waals surface area contributed by atoms with E-state index >= 15 is 0 Å². The van der Waals surface area contributed by atoms with Crippen LogP contribution in [0.1, 0.15) is 58.3 Å². The first-order valence-electron chi connectivity index (χ1n) is 9.34. The second-order valence-corrected chi connectivity index (χ2v) is 8.36. The monoisotopic (exact) mass is 314 g/mol. The minimum absolute atomic E-state index is 0.0696. The van der Waals surface area contributed by atoms with E-state index in [1.807, 2.05) is 0 Å². The highest BCUT2D eigenvalue weighted by molar-refractivity contribution is 5.87. The van der Waals surface area contributed by atoms with Gasteiger partial charge in [-0.2, -0.15) is 0 Å². The topological polar surface area (TPSA) is 35.5 Å². The van der Waals surface area contributed by atoms with Gasteiger partial charge in [0, 0.05) is 24.7 Å². The average molecular weight is 314 g/mol. The molecule has 1 heterocycles. The molecule has 124 valence electrons. The quantitative estimate of drug-likeness (QED) is 0.679. The van der Waals surface area contributed by atoms with Crippen molar-refractivity contribution in [2.75, 3.05) is 13.2 Å². The number of hydrogen-bond donors (Lipinski definition) is 0. The van der Waals surface area contributed by atoms with Crippen molar-refractivity contribution >= 4 is 5.78 Å². The van der Waals surface area contributed by atoms with Crippen molar-refractivity contribution in [3.63, 3.8) is 0 Å². The van der Waals surface area contributed by atoms with Gasteiger partial charge >= 0.3 is 0 Å². The molecule has 0 aromatic heterocycles. The minimum Gasteiger partial charge on any atom is -0.347 e. The van der Waals surface area contributed by atoms with Crippen LogP contribution in [-0.4, -0.2) is 24.8 Å². The van der Waals surface area contributed by atoms with E-state index in [2.05, 4.69) is 13.0 Å². The van der Waals surface area contributed by atoms with Gasteiger partial charge in [0.05, 0.1) is 13.2 Å². The van der Waals surface area contributed by atoms with Crippen LogP contribution >= 0.6 is 0 Å². The van der Waals surface area contributed by atoms with Crippen LogP contribution in [0.2, 0.25) is 0 Å². The molecule has 3 unspecified atom stereocenters. The zero-order chi connectivity index (χ0) is 15.7. The Hall–Kier alpha value is -0.930. The molecule has 0 N–H and O–H groups in total. The van der Waals surface area contributed by atoms with Crippen LogP contribution < -0.4 is 0 Å². The summed E-state index contributed by atoms with van der Waals surface area (Å²) in [5.74, 6) is 1.41. The molecule has 0 aromatic rings. The first-order chi connectivity index (χ1) is 11.1. The SMILES string of the molecule is CC12CC=C3C4=C(CCC3C1CCC2=O)CC1(CC4)OCCO1. The van der Waals surface area contributed by atoms with Crippen LogP contribution in [0.4, 0.5) is 0 Å². The summed E-state index contributed by atoms with van der Waals surface area (Å²) in [4.78, 5) is 12.4. The van der Waals surface area contributed by atoms with E-state index in [0.29, 0.717) is 17.6 Å². The second kappa shape index (κ2) is 4.80. The third-order valence-corrected chi connectivity index (χ3v) is 7.35. The lowest BCUT2D eigenvalue weighted by Gasteiger charge is -2.46. The lowest BCUT2D eigenvalue weighted by Crippen LogP contribution is -2.41. The van der Waals surface area contributed by atoms with Crippen molar-refractivity contribution in [2.45, 2.75) is 64.1 Å². The molecule has 1 saturated heterocycles. The van der Waals surface area contributed by atoms with Crippen molar-refractivity contribution in [1.82, 2.24) is 0 Å². The maximum absolute atomic E-state index is 12.4. The largest absolute Gasteiger partial charge is 0.347 e. The van der Waals surface area contributed by atoms with Crippen LogP contribution in [0.3, 0.4) is 0 Å². The molecule has 5 aliphatic rings. The number of hydrogen-bond acceptors (Lipinski definition) is 3. The van der Waals surface area contributed by atoms with E-state index in [0.717, 1.165) is 51.7 Å². The molecule has 1 spiro atoms. The number of carbonyl (C=O) groups is 1. The van der Waals surface area contributed by atoms with Crippen molar-refractivity contribution in [2.24, 2.45) is 17.3 Å². The number of carbonyl (C=O) groups excluding carboxylic acids is 1. The van der Waals surface area contributed by atoms with E-state index in [1.165, 1.54) is 12.8 Å². The predicted octanol–water partition coefficient (Wildman–Crippen LogP) is 3.94. The van der Waals surface area contributed by atoms with Crippen molar-refractivity contribution < 1.29 is 14.3 Å². The maximum Gasteiger partial charge on any atom is 0.172 e. The molecule has 0 amide bonds. The van der Waals surface area contributed by atoms with Gasteiger partial charge in [-0.1, -0.05) is 18.6 Å². The molecule has 23 heavy (non-hydrogen) atoms. The van der Waals surface area contributed by atoms with E-state index in [1.54, 1.807) is 16.7 Å². The minimum atomic E-state index is -0.307. The molecule has 5 rings (SSSR count). The Morgan fingerprint density at radius 2 is 1.96 bits per heavy atom. The van der Waals surface area contributed by atoms with Gasteiger partial charge in [0.2, 0.25) is 0 Å². The summed E-state index contributed by atoms with van der Waals surface area (Å²) in [6, 6.07) is 0. The molecule has 0 bridgehead atoms. The number of rotatable bonds is 0. The number of allylic oxidation sites excluding steroid dienone is 3. The fraction of sp³-hybridized carbons (Fsp3) is 0.750. The molecule has 4 aliphatic carbocycles. The van der Waals surface area contributed by atoms with E-state index < -0.39 is 0 Å². The van der Waals surface area contributed by atoms with Gasteiger partial charge in [-0.15, -0.1) is 0 Å². The third-order valence-electron chi connectivity index (χ3n) is 7.35. The van der Waals surface area contributed by atoms with Crippen LogP contribution in [0.5, 0.6) is 0 Å². The van der Waals surface area contributed by atoms with E-state index in [-0.39, 0.29) is 11.2 Å². The summed E-state index contributed by atoms with van der Waals surface area (Å²) in [5.41, 5.74) is 4.71. The Morgan fingerprint density at radius 3 is 2.78 bits per heavy atom. The maximum atomic E-state index is 12.4. The van der Waals surface area contributed by atoms with E-state index in [9.17, 15) is 4.79 Å². The van der Waals surface area contributed by atoms with Gasteiger partial charge in [0.15, 0.2) is 5.79 Å². The highest BCUT2D eigenvalue weighted by atomic mass is 16.7. The fourth-order valence-electron chi connectivity index (χ4n) is 6.08. The Balaban J connectivity index is 1.49. The Labute approximate surface area is 138 Å². The molecule has 1 aliphatic heterocycles. The smallest absolute Gasteiger partial charge is 0.172 e. The summed E-state index contributed by atoms with van der Waals surface area (Å²) in [6.45, 7) is 3.72. The first kappa shape index (κ1) is 14.4. The summed E-state index contributed by atoms with van der Waals surface area (Å²) in [5, 5.41) is 0. The molecule has 3 atom stereocenters. The van der Waals surface area contributed by atoms with Crippen LogP contribution in [0, 0.1) is 17.3 Å². The summed E-state index contributed by atoms with van der Waals surface area (Å²) < 4.78 is 11.9. The van der Waals surface area contributed by atoms with Gasteiger partial charge in [0.25, 0.3) is 0 Å². The van der Waals surface area contributed by atoms with Crippen molar-refractivity contribution in [3.05, 3.63) is 22.8 Å². The molecule has 1 saturated carbocycles. The summed E-state index contributed by atoms with van der Waals surface area (Å²) in [7, 11) is 0. The molecule has 0 radical (unpaired) electrons. The van der Waals surface area contributed by atoms with Gasteiger partial charge < -0.3 is 9.47 Å². The number of ketones is 1. The van der Waals surface area contributed by atoms with Gasteiger partial charge in [-0.3, -0.25) is 4.79 Å². The lowest BCUT2D eigenvalue weighted by atomic mass is 9.58. The van der Waals surface area contributed by atoms with Gasteiger partial charge in [-0.05, 0) is 55.1 Å². The molecule has 0 aromatic carbocycles. The Bertz CT molecular complexity index is 623. The molecular formula is C20H26O3. The molecule has 3 heteroatoms. The fourth-order valence-corrected chi connectivity index (χ4v) is 6.08. The van der Waals surface area contributed by atoms with Gasteiger partial charge in [-0.25, -0.2) is 0 Å². The molecule has 3 nitrogen and oxygen atoms in total. The van der Waals surface area contributed by atoms with E-state index in [4.69, 9.17) is 9.47 Å². The zero-order valence-electron chi connectivity index (χ0n) is 14.0. The number of Topliss-reactive ketones (excluding diaryl/α,β-unsaturated/α-hetero) is 1. The van der Waals surface area contributed by atoms with Crippen LogP contribution in [0.15, 0.2) is 22.8 Å². The van der Waals surface area contributed by atoms with Crippen molar-refractivity contribution in [1.29, 1.82) is 0 Å². The third kappa shape index (κ3) is 1.93. The Kier molecular flexibility index (Phi) is 3.01. The Morgan fingerprint density at radius 1 is 1.13 bits per heavy atom. The molecular weight excluding hydrogens is 288 g/mol. The predicted molar refractivity (Wildman–Crippen MR) is 86.8 cm³/mol. The van der Waals surface area contributed by atoms with Crippen molar-refractivity contribution in [3.8, 4) is 0 Å². The second-order valence-electron chi connectivity index (χ2n) is 8.36. The number of fused-ring (bicyclic) bond motifs is 4.